The largest absolute Gasteiger partial charge is 0.306 e. The summed E-state index contributed by atoms with van der Waals surface area (Å²) >= 11 is 2.31. The number of nitrogens with zero attached hydrogens (tertiary/aromatic N) is 2. The molecule has 0 spiro atoms. The number of hydrogen-bond donors (Lipinski definition) is 0. The van der Waals surface area contributed by atoms with Gasteiger partial charge in [0.25, 0.3) is 0 Å². The number of imidazole rings is 1. The van der Waals surface area contributed by atoms with Crippen molar-refractivity contribution in [2.75, 3.05) is 0 Å². The van der Waals surface area contributed by atoms with Crippen LogP contribution in [0.4, 0.5) is 0 Å². The first-order valence-corrected chi connectivity index (χ1v) is 6.51. The summed E-state index contributed by atoms with van der Waals surface area (Å²) in [4.78, 5) is 4.63. The Hall–Kier alpha value is -1.36. The van der Waals surface area contributed by atoms with Crippen molar-refractivity contribution in [1.82, 2.24) is 9.38 Å². The first kappa shape index (κ1) is 10.8. The van der Waals surface area contributed by atoms with E-state index in [4.69, 9.17) is 0 Å². The Morgan fingerprint density at radius 3 is 2.65 bits per heavy atom. The zero-order valence-electron chi connectivity index (χ0n) is 9.39. The topological polar surface area (TPSA) is 17.3 Å². The Morgan fingerprint density at radius 1 is 1.12 bits per heavy atom. The highest BCUT2D eigenvalue weighted by molar-refractivity contribution is 14.1. The van der Waals surface area contributed by atoms with Crippen molar-refractivity contribution >= 4 is 28.2 Å². The molecule has 0 saturated carbocycles. The van der Waals surface area contributed by atoms with Gasteiger partial charge >= 0.3 is 0 Å². The van der Waals surface area contributed by atoms with Crippen LogP contribution in [0, 0.1) is 10.5 Å². The van der Waals surface area contributed by atoms with E-state index >= 15 is 0 Å². The number of pyridine rings is 1. The fourth-order valence-corrected chi connectivity index (χ4v) is 2.20. The average molecular weight is 334 g/mol. The molecule has 0 amide bonds. The van der Waals surface area contributed by atoms with Crippen molar-refractivity contribution in [3.63, 3.8) is 0 Å². The zero-order chi connectivity index (χ0) is 11.8. The van der Waals surface area contributed by atoms with Crippen LogP contribution in [0.5, 0.6) is 0 Å². The van der Waals surface area contributed by atoms with Crippen LogP contribution in [-0.2, 0) is 0 Å². The SMILES string of the molecule is Cc1ccn2cc(-c3ccc(I)cc3)nc2c1. The van der Waals surface area contributed by atoms with Gasteiger partial charge in [-0.05, 0) is 59.3 Å². The molecule has 0 aliphatic rings. The molecule has 2 aromatic heterocycles. The number of rotatable bonds is 1. The zero-order valence-corrected chi connectivity index (χ0v) is 11.5. The van der Waals surface area contributed by atoms with Crippen LogP contribution in [0.25, 0.3) is 16.9 Å². The standard InChI is InChI=1S/C14H11IN2/c1-10-6-7-17-9-13(16-14(17)8-10)11-2-4-12(15)5-3-11/h2-9H,1H3. The van der Waals surface area contributed by atoms with Crippen LogP contribution in [0.15, 0.2) is 48.8 Å². The van der Waals surface area contributed by atoms with E-state index in [0.29, 0.717) is 0 Å². The molecule has 3 rings (SSSR count). The summed E-state index contributed by atoms with van der Waals surface area (Å²) in [5.74, 6) is 0. The van der Waals surface area contributed by atoms with Gasteiger partial charge in [-0.15, -0.1) is 0 Å². The van der Waals surface area contributed by atoms with Gasteiger partial charge in [-0.2, -0.15) is 0 Å². The lowest BCUT2D eigenvalue weighted by Crippen LogP contribution is -1.81. The highest BCUT2D eigenvalue weighted by atomic mass is 127. The maximum Gasteiger partial charge on any atom is 0.137 e. The van der Waals surface area contributed by atoms with E-state index < -0.39 is 0 Å². The fraction of sp³-hybridized carbons (Fsp3) is 0.0714. The third kappa shape index (κ3) is 2.07. The van der Waals surface area contributed by atoms with E-state index in [-0.39, 0.29) is 0 Å². The summed E-state index contributed by atoms with van der Waals surface area (Å²) < 4.78 is 3.30. The van der Waals surface area contributed by atoms with E-state index in [1.165, 1.54) is 9.13 Å². The Labute approximate surface area is 113 Å². The molecule has 0 fully saturated rings. The molecule has 0 N–H and O–H groups in total. The van der Waals surface area contributed by atoms with Crippen molar-refractivity contribution in [1.29, 1.82) is 0 Å². The molecule has 0 unspecified atom stereocenters. The highest BCUT2D eigenvalue weighted by Gasteiger charge is 2.03. The molecule has 0 atom stereocenters. The molecular formula is C14H11IN2. The van der Waals surface area contributed by atoms with E-state index in [2.05, 4.69) is 81.5 Å². The molecule has 1 aromatic carbocycles. The lowest BCUT2D eigenvalue weighted by Gasteiger charge is -1.95. The van der Waals surface area contributed by atoms with Crippen molar-refractivity contribution in [3.8, 4) is 11.3 Å². The van der Waals surface area contributed by atoms with Crippen molar-refractivity contribution in [2.24, 2.45) is 0 Å². The molecule has 3 heteroatoms. The summed E-state index contributed by atoms with van der Waals surface area (Å²) in [6.45, 7) is 2.08. The Kier molecular flexibility index (Phi) is 2.63. The molecular weight excluding hydrogens is 323 g/mol. The summed E-state index contributed by atoms with van der Waals surface area (Å²) in [7, 11) is 0. The Balaban J connectivity index is 2.14. The third-order valence-electron chi connectivity index (χ3n) is 2.76. The van der Waals surface area contributed by atoms with Gasteiger partial charge in [-0.3, -0.25) is 0 Å². The number of fused-ring (bicyclic) bond motifs is 1. The average Bonchev–Trinajstić information content (AvgIpc) is 2.72. The monoisotopic (exact) mass is 334 g/mol. The van der Waals surface area contributed by atoms with Crippen LogP contribution < -0.4 is 0 Å². The molecule has 2 heterocycles. The first-order valence-electron chi connectivity index (χ1n) is 5.44. The van der Waals surface area contributed by atoms with Gasteiger partial charge in [-0.25, -0.2) is 4.98 Å². The molecule has 0 aliphatic carbocycles. The van der Waals surface area contributed by atoms with Gasteiger partial charge in [0.15, 0.2) is 0 Å². The Bertz CT molecular complexity index is 668. The van der Waals surface area contributed by atoms with Gasteiger partial charge in [0.1, 0.15) is 5.65 Å². The van der Waals surface area contributed by atoms with Crippen LogP contribution >= 0.6 is 22.6 Å². The number of aromatic nitrogens is 2. The highest BCUT2D eigenvalue weighted by Crippen LogP contribution is 2.20. The van der Waals surface area contributed by atoms with Gasteiger partial charge < -0.3 is 4.40 Å². The van der Waals surface area contributed by atoms with Crippen molar-refractivity contribution in [2.45, 2.75) is 6.92 Å². The molecule has 0 aliphatic heterocycles. The minimum absolute atomic E-state index is 0.999. The van der Waals surface area contributed by atoms with Crippen LogP contribution in [0.1, 0.15) is 5.56 Å². The number of benzene rings is 1. The smallest absolute Gasteiger partial charge is 0.137 e. The van der Waals surface area contributed by atoms with Crippen LogP contribution in [0.2, 0.25) is 0 Å². The second-order valence-electron chi connectivity index (χ2n) is 4.10. The number of aryl methyl sites for hydroxylation is 1. The van der Waals surface area contributed by atoms with Gasteiger partial charge in [0.2, 0.25) is 0 Å². The van der Waals surface area contributed by atoms with Crippen molar-refractivity contribution < 1.29 is 0 Å². The van der Waals surface area contributed by atoms with E-state index in [1.807, 2.05) is 6.20 Å². The predicted molar refractivity (Wildman–Crippen MR) is 78.1 cm³/mol. The van der Waals surface area contributed by atoms with Crippen LogP contribution in [0.3, 0.4) is 0 Å². The maximum atomic E-state index is 4.63. The molecule has 17 heavy (non-hydrogen) atoms. The summed E-state index contributed by atoms with van der Waals surface area (Å²) in [6.07, 6.45) is 4.12. The molecule has 2 nitrogen and oxygen atoms in total. The summed E-state index contributed by atoms with van der Waals surface area (Å²) in [5.41, 5.74) is 4.41. The molecule has 0 saturated heterocycles. The number of halogens is 1. The molecule has 84 valence electrons. The van der Waals surface area contributed by atoms with E-state index in [1.54, 1.807) is 0 Å². The second-order valence-corrected chi connectivity index (χ2v) is 5.35. The van der Waals surface area contributed by atoms with Gasteiger partial charge in [0, 0.05) is 21.5 Å². The summed E-state index contributed by atoms with van der Waals surface area (Å²) in [5, 5.41) is 0. The number of hydrogen-bond acceptors (Lipinski definition) is 1. The van der Waals surface area contributed by atoms with Crippen molar-refractivity contribution in [3.05, 3.63) is 57.9 Å². The maximum absolute atomic E-state index is 4.63. The van der Waals surface area contributed by atoms with E-state index in [9.17, 15) is 0 Å². The minimum Gasteiger partial charge on any atom is -0.306 e. The normalized spacial score (nSPS) is 10.9. The third-order valence-corrected chi connectivity index (χ3v) is 3.47. The summed E-state index contributed by atoms with van der Waals surface area (Å²) in [6, 6.07) is 12.6. The minimum atomic E-state index is 0.999. The molecule has 0 radical (unpaired) electrons. The Morgan fingerprint density at radius 2 is 1.88 bits per heavy atom. The van der Waals surface area contributed by atoms with E-state index in [0.717, 1.165) is 16.9 Å². The quantitative estimate of drug-likeness (QED) is 0.617. The fourth-order valence-electron chi connectivity index (χ4n) is 1.84. The predicted octanol–water partition coefficient (Wildman–Crippen LogP) is 3.91. The first-order chi connectivity index (χ1) is 8.22. The lowest BCUT2D eigenvalue weighted by atomic mass is 10.2. The van der Waals surface area contributed by atoms with Gasteiger partial charge in [0.05, 0.1) is 5.69 Å². The molecule has 0 bridgehead atoms. The molecule has 3 aromatic rings. The second kappa shape index (κ2) is 4.14. The lowest BCUT2D eigenvalue weighted by molar-refractivity contribution is 1.17. The van der Waals surface area contributed by atoms with Gasteiger partial charge in [-0.1, -0.05) is 12.1 Å². The van der Waals surface area contributed by atoms with Crippen LogP contribution in [-0.4, -0.2) is 9.38 Å².